The second kappa shape index (κ2) is 8.21. The Bertz CT molecular complexity index is 784. The van der Waals surface area contributed by atoms with Gasteiger partial charge in [-0.2, -0.15) is 0 Å². The van der Waals surface area contributed by atoms with Crippen LogP contribution >= 0.6 is 0 Å². The van der Waals surface area contributed by atoms with Gasteiger partial charge in [0.1, 0.15) is 0 Å². The molecule has 1 heterocycles. The highest BCUT2D eigenvalue weighted by Crippen LogP contribution is 2.29. The number of rotatable bonds is 4. The standard InChI is InChI=1S/C21H26N2O3/c1-3-23(19-13-7-10-16-9-5-6-12-18(16)19)20(24)17-11-8-14-22(15-17)21(25)26-4-2/h5-7,9-10,12-13,17H,3-4,8,11,14-15H2,1-2H3. The predicted octanol–water partition coefficient (Wildman–Crippen LogP) is 4.06. The first-order valence-corrected chi connectivity index (χ1v) is 9.36. The molecule has 2 aromatic carbocycles. The van der Waals surface area contributed by atoms with Crippen molar-refractivity contribution in [2.45, 2.75) is 26.7 Å². The van der Waals surface area contributed by atoms with Crippen molar-refractivity contribution in [1.29, 1.82) is 0 Å². The van der Waals surface area contributed by atoms with Gasteiger partial charge >= 0.3 is 6.09 Å². The normalized spacial score (nSPS) is 17.2. The van der Waals surface area contributed by atoms with Gasteiger partial charge in [0.2, 0.25) is 5.91 Å². The van der Waals surface area contributed by atoms with E-state index in [4.69, 9.17) is 4.74 Å². The van der Waals surface area contributed by atoms with Gasteiger partial charge in [-0.05, 0) is 38.1 Å². The van der Waals surface area contributed by atoms with Gasteiger partial charge < -0.3 is 14.5 Å². The van der Waals surface area contributed by atoms with Gasteiger partial charge in [0.05, 0.1) is 18.2 Å². The van der Waals surface area contributed by atoms with E-state index in [1.165, 1.54) is 0 Å². The number of piperidine rings is 1. The lowest BCUT2D eigenvalue weighted by Gasteiger charge is -2.34. The molecule has 1 aliphatic rings. The molecular formula is C21H26N2O3. The van der Waals surface area contributed by atoms with Crippen molar-refractivity contribution < 1.29 is 14.3 Å². The van der Waals surface area contributed by atoms with Crippen LogP contribution in [0.2, 0.25) is 0 Å². The zero-order chi connectivity index (χ0) is 18.5. The summed E-state index contributed by atoms with van der Waals surface area (Å²) in [5, 5.41) is 2.19. The smallest absolute Gasteiger partial charge is 0.409 e. The Morgan fingerprint density at radius 1 is 1.15 bits per heavy atom. The Labute approximate surface area is 154 Å². The van der Waals surface area contributed by atoms with Gasteiger partial charge in [-0.3, -0.25) is 4.79 Å². The number of benzene rings is 2. The van der Waals surface area contributed by atoms with E-state index in [0.717, 1.165) is 29.3 Å². The van der Waals surface area contributed by atoms with Crippen LogP contribution < -0.4 is 4.90 Å². The second-order valence-corrected chi connectivity index (χ2v) is 6.56. The van der Waals surface area contributed by atoms with Gasteiger partial charge in [0, 0.05) is 25.0 Å². The molecule has 1 fully saturated rings. The third-order valence-corrected chi connectivity index (χ3v) is 4.94. The van der Waals surface area contributed by atoms with Gasteiger partial charge in [0.15, 0.2) is 0 Å². The summed E-state index contributed by atoms with van der Waals surface area (Å²) in [5.74, 6) is -0.107. The van der Waals surface area contributed by atoms with Gasteiger partial charge in [0.25, 0.3) is 0 Å². The third kappa shape index (κ3) is 3.66. The lowest BCUT2D eigenvalue weighted by atomic mass is 9.96. The van der Waals surface area contributed by atoms with Crippen LogP contribution in [0.4, 0.5) is 10.5 Å². The summed E-state index contributed by atoms with van der Waals surface area (Å²) in [7, 11) is 0. The summed E-state index contributed by atoms with van der Waals surface area (Å²) in [5.41, 5.74) is 0.934. The molecule has 1 saturated heterocycles. The van der Waals surface area contributed by atoms with Crippen molar-refractivity contribution in [3.05, 3.63) is 42.5 Å². The molecule has 1 unspecified atom stereocenters. The molecule has 138 valence electrons. The molecule has 0 radical (unpaired) electrons. The van der Waals surface area contributed by atoms with E-state index in [0.29, 0.717) is 26.2 Å². The van der Waals surface area contributed by atoms with E-state index in [1.54, 1.807) is 11.8 Å². The van der Waals surface area contributed by atoms with E-state index in [9.17, 15) is 9.59 Å². The molecule has 26 heavy (non-hydrogen) atoms. The largest absolute Gasteiger partial charge is 0.450 e. The van der Waals surface area contributed by atoms with Crippen molar-refractivity contribution in [1.82, 2.24) is 4.90 Å². The van der Waals surface area contributed by atoms with Crippen molar-refractivity contribution in [2.24, 2.45) is 5.92 Å². The Morgan fingerprint density at radius 3 is 2.69 bits per heavy atom. The van der Waals surface area contributed by atoms with Crippen molar-refractivity contribution in [3.63, 3.8) is 0 Å². The Morgan fingerprint density at radius 2 is 1.92 bits per heavy atom. The second-order valence-electron chi connectivity index (χ2n) is 6.56. The first-order valence-electron chi connectivity index (χ1n) is 9.36. The number of carbonyl (C=O) groups excluding carboxylic acids is 2. The molecule has 1 aliphatic heterocycles. The summed E-state index contributed by atoms with van der Waals surface area (Å²) in [6, 6.07) is 14.1. The molecule has 0 spiro atoms. The molecule has 2 aromatic rings. The minimum absolute atomic E-state index is 0.0813. The fraction of sp³-hybridized carbons (Fsp3) is 0.429. The molecule has 0 aromatic heterocycles. The number of nitrogens with zero attached hydrogens (tertiary/aromatic N) is 2. The summed E-state index contributed by atoms with van der Waals surface area (Å²) in [6.07, 6.45) is 1.30. The van der Waals surface area contributed by atoms with Gasteiger partial charge in [-0.1, -0.05) is 36.4 Å². The quantitative estimate of drug-likeness (QED) is 0.832. The molecule has 3 rings (SSSR count). The summed E-state index contributed by atoms with van der Waals surface area (Å²) >= 11 is 0. The zero-order valence-electron chi connectivity index (χ0n) is 15.5. The van der Waals surface area contributed by atoms with Crippen LogP contribution in [0, 0.1) is 5.92 Å². The van der Waals surface area contributed by atoms with E-state index >= 15 is 0 Å². The fourth-order valence-corrected chi connectivity index (χ4v) is 3.67. The Kier molecular flexibility index (Phi) is 5.76. The molecule has 5 heteroatoms. The van der Waals surface area contributed by atoms with Crippen LogP contribution in [0.3, 0.4) is 0 Å². The topological polar surface area (TPSA) is 49.9 Å². The average Bonchev–Trinajstić information content (AvgIpc) is 2.69. The van der Waals surface area contributed by atoms with Crippen LogP contribution in [0.15, 0.2) is 42.5 Å². The first kappa shape index (κ1) is 18.2. The molecule has 5 nitrogen and oxygen atoms in total. The molecule has 1 atom stereocenters. The van der Waals surface area contributed by atoms with Crippen LogP contribution in [0.5, 0.6) is 0 Å². The van der Waals surface area contributed by atoms with E-state index in [1.807, 2.05) is 42.2 Å². The van der Waals surface area contributed by atoms with Gasteiger partial charge in [-0.25, -0.2) is 4.79 Å². The zero-order valence-corrected chi connectivity index (χ0v) is 15.5. The van der Waals surface area contributed by atoms with Crippen molar-refractivity contribution >= 4 is 28.5 Å². The SMILES string of the molecule is CCOC(=O)N1CCCC(C(=O)N(CC)c2cccc3ccccc23)C1. The first-order chi connectivity index (χ1) is 12.7. The van der Waals surface area contributed by atoms with Crippen LogP contribution in [0.1, 0.15) is 26.7 Å². The van der Waals surface area contributed by atoms with Crippen LogP contribution in [-0.2, 0) is 9.53 Å². The fourth-order valence-electron chi connectivity index (χ4n) is 3.67. The molecule has 0 saturated carbocycles. The molecule has 2 amide bonds. The molecule has 0 bridgehead atoms. The Balaban J connectivity index is 1.83. The summed E-state index contributed by atoms with van der Waals surface area (Å²) < 4.78 is 5.10. The minimum Gasteiger partial charge on any atom is -0.450 e. The maximum atomic E-state index is 13.2. The maximum absolute atomic E-state index is 13.2. The lowest BCUT2D eigenvalue weighted by molar-refractivity contribution is -0.123. The van der Waals surface area contributed by atoms with Crippen LogP contribution in [0.25, 0.3) is 10.8 Å². The number of ether oxygens (including phenoxy) is 1. The lowest BCUT2D eigenvalue weighted by Crippen LogP contribution is -2.47. The van der Waals surface area contributed by atoms with E-state index in [-0.39, 0.29) is 17.9 Å². The van der Waals surface area contributed by atoms with Crippen molar-refractivity contribution in [3.8, 4) is 0 Å². The summed E-state index contributed by atoms with van der Waals surface area (Å²) in [4.78, 5) is 28.8. The average molecular weight is 354 g/mol. The third-order valence-electron chi connectivity index (χ3n) is 4.94. The van der Waals surface area contributed by atoms with E-state index < -0.39 is 0 Å². The predicted molar refractivity (Wildman–Crippen MR) is 103 cm³/mol. The highest BCUT2D eigenvalue weighted by Gasteiger charge is 2.32. The number of fused-ring (bicyclic) bond motifs is 1. The Hall–Kier alpha value is -2.56. The highest BCUT2D eigenvalue weighted by molar-refractivity contribution is 6.04. The number of anilines is 1. The molecular weight excluding hydrogens is 328 g/mol. The van der Waals surface area contributed by atoms with Crippen molar-refractivity contribution in [2.75, 3.05) is 31.1 Å². The van der Waals surface area contributed by atoms with Gasteiger partial charge in [-0.15, -0.1) is 0 Å². The number of carbonyl (C=O) groups is 2. The monoisotopic (exact) mass is 354 g/mol. The van der Waals surface area contributed by atoms with E-state index in [2.05, 4.69) is 12.1 Å². The number of amides is 2. The number of likely N-dealkylation sites (tertiary alicyclic amines) is 1. The van der Waals surface area contributed by atoms with Crippen LogP contribution in [-0.4, -0.2) is 43.1 Å². The summed E-state index contributed by atoms with van der Waals surface area (Å²) in [6.45, 7) is 5.82. The molecule has 0 aliphatic carbocycles. The number of hydrogen-bond acceptors (Lipinski definition) is 3. The molecule has 0 N–H and O–H groups in total. The highest BCUT2D eigenvalue weighted by atomic mass is 16.6. The number of hydrogen-bond donors (Lipinski definition) is 0. The maximum Gasteiger partial charge on any atom is 0.409 e. The minimum atomic E-state index is -0.321.